The van der Waals surface area contributed by atoms with Crippen molar-refractivity contribution in [1.82, 2.24) is 18.3 Å². The fourth-order valence-corrected chi connectivity index (χ4v) is 10.8. The van der Waals surface area contributed by atoms with Gasteiger partial charge in [-0.15, -0.1) is 0 Å². The van der Waals surface area contributed by atoms with Crippen LogP contribution in [0.25, 0.3) is 121 Å². The summed E-state index contributed by atoms with van der Waals surface area (Å²) < 4.78 is 9.65. The van der Waals surface area contributed by atoms with Crippen LogP contribution in [0.3, 0.4) is 0 Å². The average Bonchev–Trinajstić information content (AvgIpc) is 4.09. The molecule has 0 radical (unpaired) electrons. The van der Waals surface area contributed by atoms with Crippen molar-refractivity contribution >= 4 is 87.2 Å². The summed E-state index contributed by atoms with van der Waals surface area (Å²) in [7, 11) is 0. The first-order valence-corrected chi connectivity index (χ1v) is 22.0. The summed E-state index contributed by atoms with van der Waals surface area (Å²) >= 11 is 0. The van der Waals surface area contributed by atoms with E-state index in [0.717, 1.165) is 22.7 Å². The zero-order valence-corrected chi connectivity index (χ0v) is 34.7. The molecule has 0 aliphatic carbocycles. The third-order valence-electron chi connectivity index (χ3n) is 13.6. The maximum absolute atomic E-state index is 2.42. The van der Waals surface area contributed by atoms with Gasteiger partial charge in [0.25, 0.3) is 0 Å². The van der Waals surface area contributed by atoms with E-state index in [9.17, 15) is 0 Å². The first-order valence-electron chi connectivity index (χ1n) is 22.0. The van der Waals surface area contributed by atoms with Gasteiger partial charge in [-0.2, -0.15) is 0 Å². The number of rotatable bonds is 5. The van der Waals surface area contributed by atoms with Crippen LogP contribution in [0.5, 0.6) is 0 Å². The molecule has 0 amide bonds. The van der Waals surface area contributed by atoms with E-state index in [0.29, 0.717) is 0 Å². The molecule has 0 aliphatic rings. The normalized spacial score (nSPS) is 12.1. The highest BCUT2D eigenvalue weighted by molar-refractivity contribution is 6.14. The number of aromatic nitrogens is 4. The van der Waals surface area contributed by atoms with Gasteiger partial charge in [-0.05, 0) is 96.1 Å². The topological polar surface area (TPSA) is 19.7 Å². The number of hydrogen-bond acceptors (Lipinski definition) is 0. The van der Waals surface area contributed by atoms with Crippen LogP contribution in [0.2, 0.25) is 0 Å². The molecule has 0 fully saturated rings. The maximum atomic E-state index is 2.42. The lowest BCUT2D eigenvalue weighted by Gasteiger charge is -2.13. The number of para-hydroxylation sites is 6. The van der Waals surface area contributed by atoms with Crippen molar-refractivity contribution in [2.24, 2.45) is 0 Å². The van der Waals surface area contributed by atoms with E-state index >= 15 is 0 Å². The van der Waals surface area contributed by atoms with Gasteiger partial charge in [0.1, 0.15) is 0 Å². The van der Waals surface area contributed by atoms with E-state index in [1.807, 2.05) is 0 Å². The van der Waals surface area contributed by atoms with Gasteiger partial charge in [-0.3, -0.25) is 0 Å². The molecule has 0 unspecified atom stereocenters. The fourth-order valence-electron chi connectivity index (χ4n) is 10.8. The molecule has 10 aromatic carbocycles. The van der Waals surface area contributed by atoms with Crippen LogP contribution < -0.4 is 0 Å². The summed E-state index contributed by atoms with van der Waals surface area (Å²) in [4.78, 5) is 0. The lowest BCUT2D eigenvalue weighted by atomic mass is 10.0. The van der Waals surface area contributed by atoms with Crippen LogP contribution in [-0.4, -0.2) is 18.3 Å². The van der Waals surface area contributed by atoms with E-state index < -0.39 is 0 Å². The molecule has 4 heteroatoms. The molecular weight excluding hydrogens is 777 g/mol. The molecule has 0 atom stereocenters. The Morgan fingerprint density at radius 1 is 0.172 bits per heavy atom. The summed E-state index contributed by atoms with van der Waals surface area (Å²) in [6.45, 7) is 0. The van der Waals surface area contributed by atoms with Crippen LogP contribution in [0.1, 0.15) is 0 Å². The number of hydrogen-bond donors (Lipinski definition) is 0. The molecule has 298 valence electrons. The van der Waals surface area contributed by atoms with Gasteiger partial charge in [0.15, 0.2) is 0 Å². The summed E-state index contributed by atoms with van der Waals surface area (Å²) in [5.41, 5.74) is 16.5. The van der Waals surface area contributed by atoms with Gasteiger partial charge in [0, 0.05) is 65.8 Å². The maximum Gasteiger partial charge on any atom is 0.0561 e. The average molecular weight is 815 g/mol. The Bertz CT molecular complexity index is 3790. The van der Waals surface area contributed by atoms with Gasteiger partial charge < -0.3 is 18.3 Å². The predicted octanol–water partition coefficient (Wildman–Crippen LogP) is 15.7. The molecule has 0 saturated heterocycles. The van der Waals surface area contributed by atoms with Crippen molar-refractivity contribution in [3.63, 3.8) is 0 Å². The first kappa shape index (κ1) is 35.0. The van der Waals surface area contributed by atoms with E-state index in [1.54, 1.807) is 0 Å². The Morgan fingerprint density at radius 3 is 0.672 bits per heavy atom. The molecule has 4 nitrogen and oxygen atoms in total. The van der Waals surface area contributed by atoms with Gasteiger partial charge in [-0.1, -0.05) is 146 Å². The summed E-state index contributed by atoms with van der Waals surface area (Å²) in [5, 5.41) is 10.0. The molecule has 0 saturated carbocycles. The monoisotopic (exact) mass is 814 g/mol. The Balaban J connectivity index is 0.863. The first-order chi connectivity index (χ1) is 31.8. The molecular formula is C60H38N4. The number of fused-ring (bicyclic) bond motifs is 12. The van der Waals surface area contributed by atoms with Crippen LogP contribution in [0.4, 0.5) is 0 Å². The summed E-state index contributed by atoms with van der Waals surface area (Å²) in [6, 6.07) is 84.4. The van der Waals surface area contributed by atoms with Crippen molar-refractivity contribution in [3.8, 4) is 33.9 Å². The highest BCUT2D eigenvalue weighted by Gasteiger charge is 2.19. The fraction of sp³-hybridized carbons (Fsp3) is 0. The predicted molar refractivity (Wildman–Crippen MR) is 269 cm³/mol. The summed E-state index contributed by atoms with van der Waals surface area (Å²) in [5.74, 6) is 0. The van der Waals surface area contributed by atoms with E-state index in [2.05, 4.69) is 249 Å². The minimum Gasteiger partial charge on any atom is -0.309 e. The van der Waals surface area contributed by atoms with Crippen LogP contribution in [0.15, 0.2) is 231 Å². The second kappa shape index (κ2) is 13.4. The van der Waals surface area contributed by atoms with Crippen molar-refractivity contribution in [2.45, 2.75) is 0 Å². The highest BCUT2D eigenvalue weighted by Crippen LogP contribution is 2.39. The smallest absolute Gasteiger partial charge is 0.0561 e. The quantitative estimate of drug-likeness (QED) is 0.165. The standard InChI is InChI=1S/C60H38N4/c1-9-21-55-45(13-1)46-14-2-10-22-56(46)63(55)43-33-35-51-49-17-5-7-19-53(49)61(59(51)37-43)41-29-25-39(26-30-41)40-27-31-42(32-28-40)62-54-20-8-6-18-50(54)52-36-34-44(38-60(52)62)64-57-23-11-3-15-47(57)48-16-4-12-24-58(48)64/h1-38H. The van der Waals surface area contributed by atoms with Crippen LogP contribution in [-0.2, 0) is 0 Å². The molecule has 0 bridgehead atoms. The number of nitrogens with zero attached hydrogens (tertiary/aromatic N) is 4. The van der Waals surface area contributed by atoms with Crippen molar-refractivity contribution in [3.05, 3.63) is 231 Å². The highest BCUT2D eigenvalue weighted by atomic mass is 15.0. The van der Waals surface area contributed by atoms with Crippen molar-refractivity contribution in [2.75, 3.05) is 0 Å². The third-order valence-corrected chi connectivity index (χ3v) is 13.6. The van der Waals surface area contributed by atoms with Crippen molar-refractivity contribution < 1.29 is 0 Å². The Hall–Kier alpha value is -8.60. The zero-order chi connectivity index (χ0) is 41.9. The largest absolute Gasteiger partial charge is 0.309 e. The van der Waals surface area contributed by atoms with E-state index in [1.165, 1.54) is 98.4 Å². The molecule has 14 rings (SSSR count). The second-order valence-electron chi connectivity index (χ2n) is 16.9. The van der Waals surface area contributed by atoms with E-state index in [4.69, 9.17) is 0 Å². The Morgan fingerprint density at radius 2 is 0.391 bits per heavy atom. The lowest BCUT2D eigenvalue weighted by molar-refractivity contribution is 1.15. The lowest BCUT2D eigenvalue weighted by Crippen LogP contribution is -1.97. The molecule has 14 aromatic rings. The molecule has 0 spiro atoms. The molecule has 4 aromatic heterocycles. The van der Waals surface area contributed by atoms with Crippen LogP contribution >= 0.6 is 0 Å². The third kappa shape index (κ3) is 4.99. The minimum absolute atomic E-state index is 1.13. The molecule has 0 aliphatic heterocycles. The van der Waals surface area contributed by atoms with Gasteiger partial charge in [0.2, 0.25) is 0 Å². The van der Waals surface area contributed by atoms with Gasteiger partial charge in [0.05, 0.1) is 44.1 Å². The minimum atomic E-state index is 1.13. The van der Waals surface area contributed by atoms with Gasteiger partial charge >= 0.3 is 0 Å². The number of benzene rings is 10. The van der Waals surface area contributed by atoms with Crippen LogP contribution in [0, 0.1) is 0 Å². The van der Waals surface area contributed by atoms with Crippen molar-refractivity contribution in [1.29, 1.82) is 0 Å². The Kier molecular flexibility index (Phi) is 7.36. The summed E-state index contributed by atoms with van der Waals surface area (Å²) in [6.07, 6.45) is 0. The van der Waals surface area contributed by atoms with E-state index in [-0.39, 0.29) is 0 Å². The Labute approximate surface area is 368 Å². The molecule has 4 heterocycles. The van der Waals surface area contributed by atoms with Gasteiger partial charge in [-0.25, -0.2) is 0 Å². The zero-order valence-electron chi connectivity index (χ0n) is 34.7. The second-order valence-corrected chi connectivity index (χ2v) is 16.9. The SMILES string of the molecule is c1ccc2c(c1)c1ccccc1n2-c1ccc2c3ccccc3n(-c3ccc(-c4ccc(-n5c6ccccc6c6ccc(-n7c8ccccc8c8ccccc87)cc65)cc4)cc3)c2c1. The molecule has 0 N–H and O–H groups in total. The molecule has 64 heavy (non-hydrogen) atoms.